The summed E-state index contributed by atoms with van der Waals surface area (Å²) in [5, 5.41) is 2.78. The number of anilines is 1. The van der Waals surface area contributed by atoms with Crippen LogP contribution in [0.2, 0.25) is 0 Å². The molecule has 3 rings (SSSR count). The van der Waals surface area contributed by atoms with Crippen LogP contribution in [0.1, 0.15) is 53.5 Å². The van der Waals surface area contributed by atoms with Crippen LogP contribution in [0.5, 0.6) is 5.75 Å². The lowest BCUT2D eigenvalue weighted by Gasteiger charge is -2.33. The van der Waals surface area contributed by atoms with Gasteiger partial charge in [-0.05, 0) is 65.0 Å². The van der Waals surface area contributed by atoms with Gasteiger partial charge in [-0.25, -0.2) is 9.18 Å². The van der Waals surface area contributed by atoms with E-state index in [1.54, 1.807) is 13.0 Å². The van der Waals surface area contributed by atoms with Crippen molar-refractivity contribution in [2.24, 2.45) is 0 Å². The van der Waals surface area contributed by atoms with Crippen LogP contribution in [0.4, 0.5) is 10.1 Å². The van der Waals surface area contributed by atoms with Crippen LogP contribution in [0, 0.1) is 5.82 Å². The first-order valence-electron chi connectivity index (χ1n) is 8.98. The van der Waals surface area contributed by atoms with Crippen LogP contribution >= 0.6 is 15.9 Å². The third-order valence-corrected chi connectivity index (χ3v) is 5.32. The lowest BCUT2D eigenvalue weighted by molar-refractivity contribution is 0.0520. The summed E-state index contributed by atoms with van der Waals surface area (Å²) in [6, 6.07) is 7.30. The second-order valence-corrected chi connectivity index (χ2v) is 8.04. The number of hydrogen-bond acceptors (Lipinski definition) is 4. The number of fused-ring (bicyclic) bond motifs is 1. The molecule has 0 radical (unpaired) electrons. The van der Waals surface area contributed by atoms with E-state index in [0.29, 0.717) is 12.3 Å². The Morgan fingerprint density at radius 3 is 2.71 bits per heavy atom. The number of amides is 1. The van der Waals surface area contributed by atoms with Gasteiger partial charge in [0.15, 0.2) is 0 Å². The SMILES string of the molecule is CCOC(=O)c1ccc(C(=O)Nc2cc(Br)c3c(c2)C(C)(C)CCO3)cc1F. The number of carbonyl (C=O) groups excluding carboxylic acids is 2. The molecule has 0 atom stereocenters. The summed E-state index contributed by atoms with van der Waals surface area (Å²) in [4.78, 5) is 24.3. The Hall–Kier alpha value is -2.41. The molecule has 1 amide bonds. The van der Waals surface area contributed by atoms with E-state index >= 15 is 0 Å². The molecule has 2 aromatic carbocycles. The van der Waals surface area contributed by atoms with Crippen LogP contribution in [0.3, 0.4) is 0 Å². The van der Waals surface area contributed by atoms with Crippen LogP contribution in [0.15, 0.2) is 34.8 Å². The first-order chi connectivity index (χ1) is 13.2. The van der Waals surface area contributed by atoms with Gasteiger partial charge in [0.1, 0.15) is 11.6 Å². The van der Waals surface area contributed by atoms with Gasteiger partial charge in [0.25, 0.3) is 5.91 Å². The summed E-state index contributed by atoms with van der Waals surface area (Å²) in [5.74, 6) is -1.25. The molecule has 0 aromatic heterocycles. The maximum atomic E-state index is 14.2. The van der Waals surface area contributed by atoms with Crippen molar-refractivity contribution in [3.63, 3.8) is 0 Å². The fourth-order valence-electron chi connectivity index (χ4n) is 3.09. The van der Waals surface area contributed by atoms with E-state index in [4.69, 9.17) is 9.47 Å². The summed E-state index contributed by atoms with van der Waals surface area (Å²) < 4.78 is 25.5. The summed E-state index contributed by atoms with van der Waals surface area (Å²) in [6.07, 6.45) is 0.865. The number of rotatable bonds is 4. The molecule has 148 valence electrons. The van der Waals surface area contributed by atoms with Gasteiger partial charge in [-0.2, -0.15) is 0 Å². The Kier molecular flexibility index (Phi) is 5.74. The molecule has 0 aliphatic carbocycles. The van der Waals surface area contributed by atoms with Crippen LogP contribution in [-0.2, 0) is 10.2 Å². The van der Waals surface area contributed by atoms with Crippen molar-refractivity contribution in [1.29, 1.82) is 0 Å². The molecule has 0 saturated carbocycles. The highest BCUT2D eigenvalue weighted by Gasteiger charge is 2.30. The average Bonchev–Trinajstić information content (AvgIpc) is 2.62. The maximum absolute atomic E-state index is 14.2. The van der Waals surface area contributed by atoms with E-state index in [9.17, 15) is 14.0 Å². The van der Waals surface area contributed by atoms with Crippen molar-refractivity contribution in [3.8, 4) is 5.75 Å². The monoisotopic (exact) mass is 449 g/mol. The van der Waals surface area contributed by atoms with Gasteiger partial charge in [-0.1, -0.05) is 13.8 Å². The zero-order valence-electron chi connectivity index (χ0n) is 15.9. The molecule has 28 heavy (non-hydrogen) atoms. The molecule has 1 aliphatic heterocycles. The first-order valence-corrected chi connectivity index (χ1v) is 9.77. The quantitative estimate of drug-likeness (QED) is 0.661. The molecular weight excluding hydrogens is 429 g/mol. The Morgan fingerprint density at radius 1 is 1.29 bits per heavy atom. The van der Waals surface area contributed by atoms with E-state index in [-0.39, 0.29) is 23.1 Å². The number of carbonyl (C=O) groups is 2. The number of halogens is 2. The molecule has 1 N–H and O–H groups in total. The molecule has 0 saturated heterocycles. The van der Waals surface area contributed by atoms with Crippen molar-refractivity contribution >= 4 is 33.5 Å². The molecule has 2 aromatic rings. The third kappa shape index (κ3) is 4.04. The molecule has 0 bridgehead atoms. The fourth-order valence-corrected chi connectivity index (χ4v) is 3.67. The number of hydrogen-bond donors (Lipinski definition) is 1. The summed E-state index contributed by atoms with van der Waals surface area (Å²) in [7, 11) is 0. The van der Waals surface area contributed by atoms with E-state index in [2.05, 4.69) is 35.1 Å². The standard InChI is InChI=1S/C21H21BrFNO4/c1-4-27-20(26)14-6-5-12(9-17(14)23)19(25)24-13-10-15-18(16(22)11-13)28-8-7-21(15,2)3/h5-6,9-11H,4,7-8H2,1-3H3,(H,24,25). The molecule has 0 fully saturated rings. The Bertz CT molecular complexity index is 942. The summed E-state index contributed by atoms with van der Waals surface area (Å²) >= 11 is 3.49. The van der Waals surface area contributed by atoms with Crippen molar-refractivity contribution < 1.29 is 23.5 Å². The minimum Gasteiger partial charge on any atom is -0.492 e. The number of benzene rings is 2. The van der Waals surface area contributed by atoms with Crippen LogP contribution in [-0.4, -0.2) is 25.1 Å². The molecular formula is C21H21BrFNO4. The number of ether oxygens (including phenoxy) is 2. The van der Waals surface area contributed by atoms with Crippen molar-refractivity contribution in [2.45, 2.75) is 32.6 Å². The predicted octanol–water partition coefficient (Wildman–Crippen LogP) is 5.08. The van der Waals surface area contributed by atoms with Gasteiger partial charge in [0.2, 0.25) is 0 Å². The molecule has 7 heteroatoms. The smallest absolute Gasteiger partial charge is 0.341 e. The minimum atomic E-state index is -0.799. The van der Waals surface area contributed by atoms with Crippen molar-refractivity contribution in [3.05, 3.63) is 57.3 Å². The summed E-state index contributed by atoms with van der Waals surface area (Å²) in [6.45, 7) is 6.66. The first kappa shape index (κ1) is 20.3. The molecule has 0 spiro atoms. The summed E-state index contributed by atoms with van der Waals surface area (Å²) in [5.41, 5.74) is 1.38. The number of nitrogens with one attached hydrogen (secondary N) is 1. The third-order valence-electron chi connectivity index (χ3n) is 4.73. The van der Waals surface area contributed by atoms with E-state index in [1.165, 1.54) is 12.1 Å². The highest BCUT2D eigenvalue weighted by atomic mass is 79.9. The Labute approximate surface area is 171 Å². The molecule has 5 nitrogen and oxygen atoms in total. The predicted molar refractivity (Wildman–Crippen MR) is 108 cm³/mol. The second-order valence-electron chi connectivity index (χ2n) is 7.19. The largest absolute Gasteiger partial charge is 0.492 e. The van der Waals surface area contributed by atoms with Gasteiger partial charge in [-0.3, -0.25) is 4.79 Å². The highest BCUT2D eigenvalue weighted by molar-refractivity contribution is 9.10. The molecule has 1 aliphatic rings. The Morgan fingerprint density at radius 2 is 2.04 bits per heavy atom. The van der Waals surface area contributed by atoms with Crippen molar-refractivity contribution in [2.75, 3.05) is 18.5 Å². The van der Waals surface area contributed by atoms with Gasteiger partial charge < -0.3 is 14.8 Å². The lowest BCUT2D eigenvalue weighted by Crippen LogP contribution is -2.27. The van der Waals surface area contributed by atoms with Crippen LogP contribution < -0.4 is 10.1 Å². The normalized spacial score (nSPS) is 14.6. The average molecular weight is 450 g/mol. The van der Waals surface area contributed by atoms with E-state index in [0.717, 1.165) is 28.3 Å². The highest BCUT2D eigenvalue weighted by Crippen LogP contribution is 2.44. The Balaban J connectivity index is 1.85. The van der Waals surface area contributed by atoms with Crippen molar-refractivity contribution in [1.82, 2.24) is 0 Å². The van der Waals surface area contributed by atoms with Gasteiger partial charge >= 0.3 is 5.97 Å². The molecule has 0 unspecified atom stereocenters. The molecule has 1 heterocycles. The van der Waals surface area contributed by atoms with Gasteiger partial charge in [0.05, 0.1) is 23.2 Å². The maximum Gasteiger partial charge on any atom is 0.341 e. The fraction of sp³-hybridized carbons (Fsp3) is 0.333. The topological polar surface area (TPSA) is 64.6 Å². The zero-order valence-corrected chi connectivity index (χ0v) is 17.5. The minimum absolute atomic E-state index is 0.0930. The van der Waals surface area contributed by atoms with Gasteiger partial charge in [0, 0.05) is 16.8 Å². The number of esters is 1. The second kappa shape index (κ2) is 7.91. The van der Waals surface area contributed by atoms with Gasteiger partial charge in [-0.15, -0.1) is 0 Å². The zero-order chi connectivity index (χ0) is 20.5. The van der Waals surface area contributed by atoms with Crippen LogP contribution in [0.25, 0.3) is 0 Å². The lowest BCUT2D eigenvalue weighted by atomic mass is 9.79. The van der Waals surface area contributed by atoms with E-state index < -0.39 is 17.7 Å². The van der Waals surface area contributed by atoms with E-state index in [1.807, 2.05) is 6.07 Å².